The number of imidazole rings is 1. The monoisotopic (exact) mass is 162 g/mol. The molecule has 0 saturated carbocycles. The molecule has 0 aliphatic rings. The lowest BCUT2D eigenvalue weighted by atomic mass is 10.3. The van der Waals surface area contributed by atoms with E-state index in [0.29, 0.717) is 0 Å². The number of aromatic nitrogens is 2. The van der Waals surface area contributed by atoms with Crippen molar-refractivity contribution >= 4 is 5.52 Å². The van der Waals surface area contributed by atoms with E-state index in [1.54, 1.807) is 13.4 Å². The van der Waals surface area contributed by atoms with Crippen LogP contribution >= 0.6 is 0 Å². The quantitative estimate of drug-likeness (QED) is 0.637. The summed E-state index contributed by atoms with van der Waals surface area (Å²) in [6.07, 6.45) is 3.56. The second kappa shape index (κ2) is 2.52. The molecule has 0 saturated heterocycles. The van der Waals surface area contributed by atoms with E-state index in [2.05, 4.69) is 4.98 Å². The standard InChI is InChI=1S/C9H10N2O/c1-7-3-4-8-5-10-6-11(8)9(7)12-2/h3-6H,1-2H3. The Hall–Kier alpha value is -1.51. The molecule has 2 aromatic rings. The molecule has 0 spiro atoms. The van der Waals surface area contributed by atoms with Gasteiger partial charge in [0.05, 0.1) is 18.8 Å². The van der Waals surface area contributed by atoms with Gasteiger partial charge >= 0.3 is 0 Å². The van der Waals surface area contributed by atoms with Crippen molar-refractivity contribution in [3.05, 3.63) is 30.2 Å². The van der Waals surface area contributed by atoms with Gasteiger partial charge in [-0.25, -0.2) is 4.98 Å². The number of aryl methyl sites for hydroxylation is 1. The number of fused-ring (bicyclic) bond motifs is 1. The van der Waals surface area contributed by atoms with Crippen LogP contribution < -0.4 is 4.74 Å². The summed E-state index contributed by atoms with van der Waals surface area (Å²) < 4.78 is 7.17. The summed E-state index contributed by atoms with van der Waals surface area (Å²) >= 11 is 0. The molecule has 0 aliphatic carbocycles. The number of methoxy groups -OCH3 is 1. The molecule has 2 rings (SSSR count). The third kappa shape index (κ3) is 0.863. The summed E-state index contributed by atoms with van der Waals surface area (Å²) in [7, 11) is 1.67. The van der Waals surface area contributed by atoms with Gasteiger partial charge in [0.15, 0.2) is 0 Å². The molecule has 62 valence electrons. The largest absolute Gasteiger partial charge is 0.482 e. The molecule has 0 atom stereocenters. The van der Waals surface area contributed by atoms with Crippen LogP contribution in [0.4, 0.5) is 0 Å². The zero-order valence-corrected chi connectivity index (χ0v) is 7.11. The predicted octanol–water partition coefficient (Wildman–Crippen LogP) is 1.65. The maximum atomic E-state index is 5.24. The molecule has 0 fully saturated rings. The molecule has 0 unspecified atom stereocenters. The molecule has 0 aromatic carbocycles. The fourth-order valence-corrected chi connectivity index (χ4v) is 1.33. The van der Waals surface area contributed by atoms with Crippen molar-refractivity contribution < 1.29 is 4.74 Å². The average molecular weight is 162 g/mol. The molecule has 2 aromatic heterocycles. The predicted molar refractivity (Wildman–Crippen MR) is 46.5 cm³/mol. The summed E-state index contributed by atoms with van der Waals surface area (Å²) in [5.41, 5.74) is 2.17. The Labute approximate surface area is 70.6 Å². The Morgan fingerprint density at radius 2 is 2.25 bits per heavy atom. The van der Waals surface area contributed by atoms with Crippen LogP contribution in [0.15, 0.2) is 24.7 Å². The molecule has 3 heteroatoms. The molecule has 0 radical (unpaired) electrons. The first-order chi connectivity index (χ1) is 5.83. The number of ether oxygens (including phenoxy) is 1. The van der Waals surface area contributed by atoms with E-state index in [-0.39, 0.29) is 0 Å². The number of hydrogen-bond acceptors (Lipinski definition) is 2. The van der Waals surface area contributed by atoms with E-state index in [0.717, 1.165) is 17.0 Å². The van der Waals surface area contributed by atoms with Crippen LogP contribution in [-0.2, 0) is 0 Å². The Balaban J connectivity index is 2.83. The van der Waals surface area contributed by atoms with E-state index in [9.17, 15) is 0 Å². The summed E-state index contributed by atoms with van der Waals surface area (Å²) in [5.74, 6) is 0.852. The molecule has 0 N–H and O–H groups in total. The van der Waals surface area contributed by atoms with Crippen molar-refractivity contribution in [1.29, 1.82) is 0 Å². The highest BCUT2D eigenvalue weighted by atomic mass is 16.5. The Morgan fingerprint density at radius 3 is 3.00 bits per heavy atom. The van der Waals surface area contributed by atoms with E-state index >= 15 is 0 Å². The van der Waals surface area contributed by atoms with Crippen molar-refractivity contribution in [1.82, 2.24) is 9.38 Å². The minimum absolute atomic E-state index is 0.852. The first-order valence-corrected chi connectivity index (χ1v) is 3.78. The molecule has 0 bridgehead atoms. The second-order valence-electron chi connectivity index (χ2n) is 2.71. The lowest BCUT2D eigenvalue weighted by Gasteiger charge is -2.06. The van der Waals surface area contributed by atoms with Gasteiger partial charge in [0.25, 0.3) is 0 Å². The van der Waals surface area contributed by atoms with Crippen molar-refractivity contribution in [2.75, 3.05) is 7.11 Å². The topological polar surface area (TPSA) is 26.5 Å². The summed E-state index contributed by atoms with van der Waals surface area (Å²) in [6.45, 7) is 2.01. The number of rotatable bonds is 1. The van der Waals surface area contributed by atoms with Crippen LogP contribution in [0.2, 0.25) is 0 Å². The fourth-order valence-electron chi connectivity index (χ4n) is 1.33. The lowest BCUT2D eigenvalue weighted by Crippen LogP contribution is -1.94. The highest BCUT2D eigenvalue weighted by molar-refractivity contribution is 5.49. The summed E-state index contributed by atoms with van der Waals surface area (Å²) in [4.78, 5) is 4.03. The van der Waals surface area contributed by atoms with Crippen LogP contribution in [0.3, 0.4) is 0 Å². The zero-order chi connectivity index (χ0) is 8.55. The molecule has 0 aliphatic heterocycles. The molecule has 3 nitrogen and oxygen atoms in total. The first kappa shape index (κ1) is 7.16. The molecular formula is C9H10N2O. The Morgan fingerprint density at radius 1 is 1.42 bits per heavy atom. The molecule has 2 heterocycles. The van der Waals surface area contributed by atoms with Crippen LogP contribution in [0.1, 0.15) is 5.56 Å². The smallest absolute Gasteiger partial charge is 0.202 e. The normalized spacial score (nSPS) is 10.5. The maximum absolute atomic E-state index is 5.24. The van der Waals surface area contributed by atoms with E-state index in [1.807, 2.05) is 29.7 Å². The zero-order valence-electron chi connectivity index (χ0n) is 7.11. The minimum atomic E-state index is 0.852. The second-order valence-corrected chi connectivity index (χ2v) is 2.71. The minimum Gasteiger partial charge on any atom is -0.482 e. The van der Waals surface area contributed by atoms with Gasteiger partial charge < -0.3 is 4.74 Å². The summed E-state index contributed by atoms with van der Waals surface area (Å²) in [6, 6.07) is 4.04. The van der Waals surface area contributed by atoms with Crippen molar-refractivity contribution in [2.45, 2.75) is 6.92 Å². The molecule has 12 heavy (non-hydrogen) atoms. The lowest BCUT2D eigenvalue weighted by molar-refractivity contribution is 0.389. The number of hydrogen-bond donors (Lipinski definition) is 0. The van der Waals surface area contributed by atoms with Crippen molar-refractivity contribution in [3.8, 4) is 5.88 Å². The van der Waals surface area contributed by atoms with Gasteiger partial charge in [0.1, 0.15) is 6.33 Å². The average Bonchev–Trinajstić information content (AvgIpc) is 2.52. The fraction of sp³-hybridized carbons (Fsp3) is 0.222. The van der Waals surface area contributed by atoms with E-state index in [4.69, 9.17) is 4.74 Å². The molecular weight excluding hydrogens is 152 g/mol. The molecule has 0 amide bonds. The SMILES string of the molecule is COc1c(C)ccc2cncn12. The maximum Gasteiger partial charge on any atom is 0.202 e. The summed E-state index contributed by atoms with van der Waals surface area (Å²) in [5, 5.41) is 0. The van der Waals surface area contributed by atoms with E-state index in [1.165, 1.54) is 0 Å². The first-order valence-electron chi connectivity index (χ1n) is 3.78. The highest BCUT2D eigenvalue weighted by Crippen LogP contribution is 2.18. The van der Waals surface area contributed by atoms with Gasteiger partial charge in [0.2, 0.25) is 5.88 Å². The Kier molecular flexibility index (Phi) is 1.50. The number of pyridine rings is 1. The van der Waals surface area contributed by atoms with Gasteiger partial charge in [-0.05, 0) is 13.0 Å². The van der Waals surface area contributed by atoms with Crippen LogP contribution in [0.25, 0.3) is 5.52 Å². The van der Waals surface area contributed by atoms with Gasteiger partial charge in [-0.2, -0.15) is 0 Å². The van der Waals surface area contributed by atoms with Crippen LogP contribution in [-0.4, -0.2) is 16.5 Å². The third-order valence-corrected chi connectivity index (χ3v) is 1.92. The van der Waals surface area contributed by atoms with Gasteiger partial charge in [-0.1, -0.05) is 6.07 Å². The highest BCUT2D eigenvalue weighted by Gasteiger charge is 2.02. The third-order valence-electron chi connectivity index (χ3n) is 1.92. The number of nitrogens with zero attached hydrogens (tertiary/aromatic N) is 2. The van der Waals surface area contributed by atoms with Gasteiger partial charge in [-0.3, -0.25) is 4.40 Å². The van der Waals surface area contributed by atoms with Crippen molar-refractivity contribution in [3.63, 3.8) is 0 Å². The van der Waals surface area contributed by atoms with E-state index < -0.39 is 0 Å². The van der Waals surface area contributed by atoms with Crippen LogP contribution in [0.5, 0.6) is 5.88 Å². The Bertz CT molecular complexity index is 406. The van der Waals surface area contributed by atoms with Crippen molar-refractivity contribution in [2.24, 2.45) is 0 Å². The van der Waals surface area contributed by atoms with Crippen LogP contribution in [0, 0.1) is 6.92 Å². The van der Waals surface area contributed by atoms with Gasteiger partial charge in [-0.15, -0.1) is 0 Å². The van der Waals surface area contributed by atoms with Gasteiger partial charge in [0, 0.05) is 5.56 Å².